The van der Waals surface area contributed by atoms with Gasteiger partial charge < -0.3 is 10.7 Å². The second kappa shape index (κ2) is 7.13. The number of primary amides is 1. The molecule has 9 nitrogen and oxygen atoms in total. The first-order chi connectivity index (χ1) is 13.8. The molecule has 0 aliphatic rings. The maximum atomic E-state index is 12.9. The lowest BCUT2D eigenvalue weighted by Gasteiger charge is -2.08. The van der Waals surface area contributed by atoms with Gasteiger partial charge in [0.25, 0.3) is 11.8 Å². The number of amides is 2. The minimum absolute atomic E-state index is 0.130. The van der Waals surface area contributed by atoms with Crippen LogP contribution >= 0.6 is 11.3 Å². The van der Waals surface area contributed by atoms with Gasteiger partial charge in [0.15, 0.2) is 10.8 Å². The first kappa shape index (κ1) is 18.8. The molecule has 4 rings (SSSR count). The first-order valence-electron chi connectivity index (χ1n) is 8.94. The summed E-state index contributed by atoms with van der Waals surface area (Å²) in [6.07, 6.45) is 3.31. The van der Waals surface area contributed by atoms with Crippen LogP contribution in [0.5, 0.6) is 0 Å². The van der Waals surface area contributed by atoms with E-state index < -0.39 is 5.91 Å². The molecule has 0 saturated heterocycles. The number of rotatable bonds is 5. The molecule has 4 N–H and O–H groups in total. The number of aryl methyl sites for hydroxylation is 1. The predicted octanol–water partition coefficient (Wildman–Crippen LogP) is 3.12. The number of carbonyl (C=O) groups is 2. The highest BCUT2D eigenvalue weighted by atomic mass is 32.1. The summed E-state index contributed by atoms with van der Waals surface area (Å²) in [6, 6.07) is 3.49. The van der Waals surface area contributed by atoms with Crippen molar-refractivity contribution in [1.82, 2.24) is 24.7 Å². The summed E-state index contributed by atoms with van der Waals surface area (Å²) in [5.74, 6) is -0.823. The predicted molar refractivity (Wildman–Crippen MR) is 111 cm³/mol. The van der Waals surface area contributed by atoms with Crippen molar-refractivity contribution in [2.24, 2.45) is 5.73 Å². The molecule has 0 bridgehead atoms. The van der Waals surface area contributed by atoms with E-state index in [4.69, 9.17) is 5.73 Å². The van der Waals surface area contributed by atoms with Crippen molar-refractivity contribution < 1.29 is 9.59 Å². The average molecular weight is 409 g/mol. The number of carbonyl (C=O) groups excluding carboxylic acids is 2. The summed E-state index contributed by atoms with van der Waals surface area (Å²) in [5.41, 5.74) is 8.82. The zero-order valence-corrected chi connectivity index (χ0v) is 16.9. The van der Waals surface area contributed by atoms with Crippen LogP contribution in [-0.2, 0) is 0 Å². The van der Waals surface area contributed by atoms with E-state index in [2.05, 4.69) is 25.4 Å². The van der Waals surface area contributed by atoms with E-state index in [0.29, 0.717) is 33.1 Å². The number of nitrogens with two attached hydrogens (primary N) is 1. The smallest absolute Gasteiger partial charge is 0.265 e. The van der Waals surface area contributed by atoms with E-state index >= 15 is 0 Å². The van der Waals surface area contributed by atoms with Gasteiger partial charge in [-0.3, -0.25) is 14.9 Å². The van der Waals surface area contributed by atoms with Crippen LogP contribution in [-0.4, -0.2) is 36.5 Å². The molecule has 0 radical (unpaired) electrons. The van der Waals surface area contributed by atoms with Gasteiger partial charge in [0.2, 0.25) is 0 Å². The molecule has 4 heterocycles. The SMILES string of the molecule is Cc1cc(C(=O)Nc2nc(-c3c[nH]c(C(N)=O)c3)cs2)c2cnn(C(C)C)c2n1. The Hall–Kier alpha value is -3.53. The Morgan fingerprint density at radius 2 is 2.07 bits per heavy atom. The Bertz CT molecular complexity index is 1230. The molecule has 0 fully saturated rings. The van der Waals surface area contributed by atoms with Crippen LogP contribution in [0.4, 0.5) is 5.13 Å². The second-order valence-electron chi connectivity index (χ2n) is 6.89. The molecular formula is C19H19N7O2S. The number of aromatic nitrogens is 5. The highest BCUT2D eigenvalue weighted by Crippen LogP contribution is 2.27. The lowest BCUT2D eigenvalue weighted by atomic mass is 10.1. The Labute approximate surface area is 170 Å². The van der Waals surface area contributed by atoms with Crippen molar-refractivity contribution in [3.8, 4) is 11.3 Å². The number of nitrogens with one attached hydrogen (secondary N) is 2. The number of anilines is 1. The number of nitrogens with zero attached hydrogens (tertiary/aromatic N) is 4. The van der Waals surface area contributed by atoms with Gasteiger partial charge in [-0.05, 0) is 32.9 Å². The third-order valence-corrected chi connectivity index (χ3v) is 5.16. The normalized spacial score (nSPS) is 11.3. The van der Waals surface area contributed by atoms with Gasteiger partial charge in [0.05, 0.1) is 22.8 Å². The standard InChI is InChI=1S/C19H19N7O2S/c1-9(2)26-17-13(7-22-26)12(4-10(3)23-17)18(28)25-19-24-15(8-29-19)11-5-14(16(20)27)21-6-11/h4-9,21H,1-3H3,(H2,20,27)(H,24,25,28). The third kappa shape index (κ3) is 3.49. The average Bonchev–Trinajstić information content (AvgIpc) is 3.39. The van der Waals surface area contributed by atoms with Gasteiger partial charge in [-0.25, -0.2) is 14.6 Å². The van der Waals surface area contributed by atoms with Crippen LogP contribution < -0.4 is 11.1 Å². The van der Waals surface area contributed by atoms with Gasteiger partial charge in [0, 0.05) is 28.9 Å². The third-order valence-electron chi connectivity index (χ3n) is 4.40. The molecule has 4 aromatic heterocycles. The second-order valence-corrected chi connectivity index (χ2v) is 7.75. The number of pyridine rings is 1. The minimum Gasteiger partial charge on any atom is -0.364 e. The van der Waals surface area contributed by atoms with Gasteiger partial charge in [-0.2, -0.15) is 5.10 Å². The van der Waals surface area contributed by atoms with Crippen LogP contribution in [0.2, 0.25) is 0 Å². The van der Waals surface area contributed by atoms with Gasteiger partial charge in [0.1, 0.15) is 5.69 Å². The molecule has 0 atom stereocenters. The first-order valence-corrected chi connectivity index (χ1v) is 9.81. The van der Waals surface area contributed by atoms with Crippen LogP contribution in [0.1, 0.15) is 46.4 Å². The number of hydrogen-bond acceptors (Lipinski definition) is 6. The van der Waals surface area contributed by atoms with Crippen molar-refractivity contribution in [2.45, 2.75) is 26.8 Å². The molecular weight excluding hydrogens is 390 g/mol. The van der Waals surface area contributed by atoms with Crippen molar-refractivity contribution >= 4 is 39.3 Å². The summed E-state index contributed by atoms with van der Waals surface area (Å²) >= 11 is 1.30. The molecule has 0 saturated carbocycles. The molecule has 29 heavy (non-hydrogen) atoms. The monoisotopic (exact) mass is 409 g/mol. The summed E-state index contributed by atoms with van der Waals surface area (Å²) in [4.78, 5) is 35.9. The number of thiazole rings is 1. The lowest BCUT2D eigenvalue weighted by molar-refractivity contribution is 0.0994. The fourth-order valence-corrected chi connectivity index (χ4v) is 3.74. The molecule has 10 heteroatoms. The fraction of sp³-hybridized carbons (Fsp3) is 0.211. The molecule has 4 aromatic rings. The Morgan fingerprint density at radius 1 is 1.28 bits per heavy atom. The van der Waals surface area contributed by atoms with E-state index in [0.717, 1.165) is 11.3 Å². The lowest BCUT2D eigenvalue weighted by Crippen LogP contribution is -2.13. The number of aromatic amines is 1. The van der Waals surface area contributed by atoms with Crippen LogP contribution in [0.25, 0.3) is 22.3 Å². The molecule has 0 aliphatic carbocycles. The molecule has 0 unspecified atom stereocenters. The van der Waals surface area contributed by atoms with Crippen molar-refractivity contribution in [2.75, 3.05) is 5.32 Å². The minimum atomic E-state index is -0.543. The van der Waals surface area contributed by atoms with Gasteiger partial charge >= 0.3 is 0 Å². The largest absolute Gasteiger partial charge is 0.364 e. The number of fused-ring (bicyclic) bond motifs is 1. The van der Waals surface area contributed by atoms with Crippen molar-refractivity contribution in [3.63, 3.8) is 0 Å². The van der Waals surface area contributed by atoms with Crippen molar-refractivity contribution in [3.05, 3.63) is 46.9 Å². The fourth-order valence-electron chi connectivity index (χ4n) is 3.02. The zero-order valence-electron chi connectivity index (χ0n) is 16.1. The van der Waals surface area contributed by atoms with E-state index in [1.807, 2.05) is 20.8 Å². The zero-order chi connectivity index (χ0) is 20.7. The Kier molecular flexibility index (Phi) is 4.63. The van der Waals surface area contributed by atoms with Crippen molar-refractivity contribution in [1.29, 1.82) is 0 Å². The van der Waals surface area contributed by atoms with E-state index in [9.17, 15) is 9.59 Å². The summed E-state index contributed by atoms with van der Waals surface area (Å²) in [5, 5.41) is 10.1. The number of hydrogen-bond donors (Lipinski definition) is 3. The maximum Gasteiger partial charge on any atom is 0.265 e. The van der Waals surface area contributed by atoms with Gasteiger partial charge in [-0.1, -0.05) is 0 Å². The maximum absolute atomic E-state index is 12.9. The summed E-state index contributed by atoms with van der Waals surface area (Å²) in [6.45, 7) is 5.87. The molecule has 0 aliphatic heterocycles. The highest BCUT2D eigenvalue weighted by Gasteiger charge is 2.18. The summed E-state index contributed by atoms with van der Waals surface area (Å²) < 4.78 is 1.79. The van der Waals surface area contributed by atoms with Gasteiger partial charge in [-0.15, -0.1) is 11.3 Å². The Balaban J connectivity index is 1.62. The van der Waals surface area contributed by atoms with E-state index in [1.54, 1.807) is 34.6 Å². The molecule has 0 spiro atoms. The van der Waals surface area contributed by atoms with E-state index in [1.165, 1.54) is 11.3 Å². The molecule has 2 amide bonds. The quantitative estimate of drug-likeness (QED) is 0.466. The molecule has 0 aromatic carbocycles. The van der Waals surface area contributed by atoms with Crippen LogP contribution in [0.15, 0.2) is 29.9 Å². The van der Waals surface area contributed by atoms with Crippen LogP contribution in [0.3, 0.4) is 0 Å². The topological polar surface area (TPSA) is 132 Å². The van der Waals surface area contributed by atoms with Crippen LogP contribution in [0, 0.1) is 6.92 Å². The summed E-state index contributed by atoms with van der Waals surface area (Å²) in [7, 11) is 0. The Morgan fingerprint density at radius 3 is 2.76 bits per heavy atom. The highest BCUT2D eigenvalue weighted by molar-refractivity contribution is 7.14. The number of H-pyrrole nitrogens is 1. The molecule has 148 valence electrons. The van der Waals surface area contributed by atoms with E-state index in [-0.39, 0.29) is 11.9 Å².